The number of rotatable bonds is 3. The number of ether oxygens (including phenoxy) is 1. The van der Waals surface area contributed by atoms with E-state index in [-0.39, 0.29) is 5.60 Å². The standard InChI is InChI=1S/C15H20BrNO/c16-12-3-5-13(6-4-12)17-11-14-7-10-15(18-14)8-1-2-9-15/h3-6,14,17H,1-2,7-11H2. The molecule has 1 aliphatic carbocycles. The molecule has 2 aliphatic rings. The smallest absolute Gasteiger partial charge is 0.0756 e. The van der Waals surface area contributed by atoms with Gasteiger partial charge in [-0.1, -0.05) is 28.8 Å². The van der Waals surface area contributed by atoms with E-state index in [0.29, 0.717) is 6.10 Å². The highest BCUT2D eigenvalue weighted by Crippen LogP contribution is 2.43. The van der Waals surface area contributed by atoms with Crippen LogP contribution in [-0.2, 0) is 4.74 Å². The number of nitrogens with one attached hydrogen (secondary N) is 1. The van der Waals surface area contributed by atoms with Crippen LogP contribution in [0.4, 0.5) is 5.69 Å². The third-order valence-corrected chi connectivity index (χ3v) is 4.76. The highest BCUT2D eigenvalue weighted by Gasteiger charge is 2.41. The fourth-order valence-corrected chi connectivity index (χ4v) is 3.49. The first-order chi connectivity index (χ1) is 8.76. The largest absolute Gasteiger partial charge is 0.382 e. The minimum absolute atomic E-state index is 0.256. The topological polar surface area (TPSA) is 21.3 Å². The second kappa shape index (κ2) is 5.22. The zero-order valence-electron chi connectivity index (χ0n) is 10.6. The zero-order chi connectivity index (χ0) is 12.4. The summed E-state index contributed by atoms with van der Waals surface area (Å²) in [5.41, 5.74) is 1.43. The summed E-state index contributed by atoms with van der Waals surface area (Å²) in [5.74, 6) is 0. The Bertz CT molecular complexity index is 397. The monoisotopic (exact) mass is 309 g/mol. The first-order valence-electron chi connectivity index (χ1n) is 6.93. The normalized spacial score (nSPS) is 25.7. The number of halogens is 1. The first-order valence-corrected chi connectivity index (χ1v) is 7.72. The average Bonchev–Trinajstić information content (AvgIpc) is 3.00. The second-order valence-corrected chi connectivity index (χ2v) is 6.47. The fraction of sp³-hybridized carbons (Fsp3) is 0.600. The van der Waals surface area contributed by atoms with E-state index in [1.165, 1.54) is 44.2 Å². The molecule has 0 aromatic heterocycles. The van der Waals surface area contributed by atoms with E-state index >= 15 is 0 Å². The lowest BCUT2D eigenvalue weighted by Gasteiger charge is -2.24. The van der Waals surface area contributed by atoms with Crippen molar-refractivity contribution in [3.05, 3.63) is 28.7 Å². The van der Waals surface area contributed by atoms with Crippen molar-refractivity contribution in [2.24, 2.45) is 0 Å². The highest BCUT2D eigenvalue weighted by molar-refractivity contribution is 9.10. The number of hydrogen-bond acceptors (Lipinski definition) is 2. The lowest BCUT2D eigenvalue weighted by atomic mass is 9.98. The molecule has 0 bridgehead atoms. The van der Waals surface area contributed by atoms with Crippen LogP contribution in [0.3, 0.4) is 0 Å². The maximum Gasteiger partial charge on any atom is 0.0756 e. The summed E-state index contributed by atoms with van der Waals surface area (Å²) in [6, 6.07) is 8.33. The van der Waals surface area contributed by atoms with Crippen molar-refractivity contribution in [2.75, 3.05) is 11.9 Å². The Kier molecular flexibility index (Phi) is 3.62. The fourth-order valence-electron chi connectivity index (χ4n) is 3.23. The van der Waals surface area contributed by atoms with Crippen LogP contribution in [0.1, 0.15) is 38.5 Å². The third kappa shape index (κ3) is 2.72. The quantitative estimate of drug-likeness (QED) is 0.896. The van der Waals surface area contributed by atoms with E-state index in [9.17, 15) is 0 Å². The molecule has 1 aliphatic heterocycles. The van der Waals surface area contributed by atoms with Crippen LogP contribution in [0.25, 0.3) is 0 Å². The Morgan fingerprint density at radius 1 is 1.17 bits per heavy atom. The number of hydrogen-bond donors (Lipinski definition) is 1. The Labute approximate surface area is 117 Å². The van der Waals surface area contributed by atoms with Gasteiger partial charge in [0.25, 0.3) is 0 Å². The van der Waals surface area contributed by atoms with Crippen LogP contribution >= 0.6 is 15.9 Å². The van der Waals surface area contributed by atoms with Crippen molar-refractivity contribution in [3.63, 3.8) is 0 Å². The van der Waals surface area contributed by atoms with Gasteiger partial charge in [-0.2, -0.15) is 0 Å². The molecular formula is C15H20BrNO. The van der Waals surface area contributed by atoms with Crippen LogP contribution in [0.15, 0.2) is 28.7 Å². The molecule has 98 valence electrons. The van der Waals surface area contributed by atoms with Crippen LogP contribution in [0.2, 0.25) is 0 Å². The predicted molar refractivity (Wildman–Crippen MR) is 77.9 cm³/mol. The zero-order valence-corrected chi connectivity index (χ0v) is 12.2. The molecule has 1 unspecified atom stereocenters. The summed E-state index contributed by atoms with van der Waals surface area (Å²) >= 11 is 3.45. The molecule has 1 spiro atoms. The molecule has 2 fully saturated rings. The van der Waals surface area contributed by atoms with Gasteiger partial charge in [0.05, 0.1) is 11.7 Å². The minimum atomic E-state index is 0.256. The summed E-state index contributed by atoms with van der Waals surface area (Å²) < 4.78 is 7.40. The molecule has 0 radical (unpaired) electrons. The minimum Gasteiger partial charge on any atom is -0.382 e. The SMILES string of the molecule is Brc1ccc(NCC2CCC3(CCCC3)O2)cc1. The molecule has 1 N–H and O–H groups in total. The second-order valence-electron chi connectivity index (χ2n) is 5.56. The van der Waals surface area contributed by atoms with Crippen LogP contribution in [0.5, 0.6) is 0 Å². The third-order valence-electron chi connectivity index (χ3n) is 4.23. The van der Waals surface area contributed by atoms with E-state index in [4.69, 9.17) is 4.74 Å². The number of benzene rings is 1. The van der Waals surface area contributed by atoms with Crippen molar-refractivity contribution in [3.8, 4) is 0 Å². The Hall–Kier alpha value is -0.540. The molecule has 1 aromatic rings. The summed E-state index contributed by atoms with van der Waals surface area (Å²) in [7, 11) is 0. The molecule has 3 rings (SSSR count). The van der Waals surface area contributed by atoms with Gasteiger partial charge in [0.2, 0.25) is 0 Å². The van der Waals surface area contributed by atoms with Gasteiger partial charge >= 0.3 is 0 Å². The lowest BCUT2D eigenvalue weighted by molar-refractivity contribution is -0.0307. The van der Waals surface area contributed by atoms with Gasteiger partial charge in [-0.3, -0.25) is 0 Å². The molecular weight excluding hydrogens is 290 g/mol. The maximum absolute atomic E-state index is 6.28. The van der Waals surface area contributed by atoms with E-state index in [1.807, 2.05) is 0 Å². The van der Waals surface area contributed by atoms with Crippen LogP contribution in [-0.4, -0.2) is 18.2 Å². The summed E-state index contributed by atoms with van der Waals surface area (Å²) in [6.07, 6.45) is 8.14. The van der Waals surface area contributed by atoms with E-state index in [1.54, 1.807) is 0 Å². The van der Waals surface area contributed by atoms with Crippen molar-refractivity contribution in [1.29, 1.82) is 0 Å². The van der Waals surface area contributed by atoms with Gasteiger partial charge in [-0.15, -0.1) is 0 Å². The summed E-state index contributed by atoms with van der Waals surface area (Å²) in [5, 5.41) is 3.47. The van der Waals surface area contributed by atoms with Gasteiger partial charge in [0.1, 0.15) is 0 Å². The van der Waals surface area contributed by atoms with Crippen molar-refractivity contribution in [2.45, 2.75) is 50.2 Å². The Balaban J connectivity index is 1.51. The van der Waals surface area contributed by atoms with Crippen LogP contribution in [0, 0.1) is 0 Å². The molecule has 1 aromatic carbocycles. The van der Waals surface area contributed by atoms with Gasteiger partial charge in [-0.05, 0) is 49.9 Å². The molecule has 1 atom stereocenters. The van der Waals surface area contributed by atoms with E-state index in [0.717, 1.165) is 11.0 Å². The molecule has 1 saturated carbocycles. The average molecular weight is 310 g/mol. The van der Waals surface area contributed by atoms with Crippen LogP contribution < -0.4 is 5.32 Å². The summed E-state index contributed by atoms with van der Waals surface area (Å²) in [4.78, 5) is 0. The molecule has 2 nitrogen and oxygen atoms in total. The van der Waals surface area contributed by atoms with Crippen molar-refractivity contribution >= 4 is 21.6 Å². The van der Waals surface area contributed by atoms with E-state index in [2.05, 4.69) is 45.5 Å². The van der Waals surface area contributed by atoms with Crippen molar-refractivity contribution in [1.82, 2.24) is 0 Å². The predicted octanol–water partition coefficient (Wildman–Crippen LogP) is 4.35. The molecule has 18 heavy (non-hydrogen) atoms. The van der Waals surface area contributed by atoms with Gasteiger partial charge in [-0.25, -0.2) is 0 Å². The lowest BCUT2D eigenvalue weighted by Crippen LogP contribution is -2.27. The molecule has 3 heteroatoms. The van der Waals surface area contributed by atoms with Gasteiger partial charge in [0, 0.05) is 16.7 Å². The van der Waals surface area contributed by atoms with Gasteiger partial charge in [0.15, 0.2) is 0 Å². The Morgan fingerprint density at radius 3 is 2.61 bits per heavy atom. The number of anilines is 1. The van der Waals surface area contributed by atoms with E-state index < -0.39 is 0 Å². The first kappa shape index (κ1) is 12.5. The molecule has 0 amide bonds. The molecule has 1 saturated heterocycles. The van der Waals surface area contributed by atoms with Gasteiger partial charge < -0.3 is 10.1 Å². The molecule has 1 heterocycles. The maximum atomic E-state index is 6.28. The summed E-state index contributed by atoms with van der Waals surface area (Å²) in [6.45, 7) is 0.934. The highest BCUT2D eigenvalue weighted by atomic mass is 79.9. The Morgan fingerprint density at radius 2 is 1.89 bits per heavy atom. The van der Waals surface area contributed by atoms with Crippen molar-refractivity contribution < 1.29 is 4.74 Å².